The molecule has 0 unspecified atom stereocenters. The number of imidazole rings is 1. The highest BCUT2D eigenvalue weighted by Gasteiger charge is 2.20. The number of rotatable bonds is 2. The molecule has 0 aliphatic heterocycles. The van der Waals surface area contributed by atoms with Crippen LogP contribution in [0.25, 0.3) is 16.9 Å². The van der Waals surface area contributed by atoms with Gasteiger partial charge in [0.2, 0.25) is 0 Å². The zero-order valence-electron chi connectivity index (χ0n) is 10.2. The molecule has 2 heterocycles. The molecule has 6 heteroatoms. The molecule has 0 amide bonds. The molecule has 0 bridgehead atoms. The molecule has 3 rings (SSSR count). The Bertz CT molecular complexity index is 823. The van der Waals surface area contributed by atoms with Crippen molar-refractivity contribution < 1.29 is 20.1 Å². The van der Waals surface area contributed by atoms with Gasteiger partial charge in [-0.1, -0.05) is 12.1 Å². The number of carboxylic acid groups (broad SMARTS) is 1. The third-order valence-electron chi connectivity index (χ3n) is 2.95. The van der Waals surface area contributed by atoms with Crippen LogP contribution in [0, 0.1) is 0 Å². The van der Waals surface area contributed by atoms with Crippen LogP contribution in [-0.4, -0.2) is 30.7 Å². The third kappa shape index (κ3) is 1.74. The van der Waals surface area contributed by atoms with E-state index in [1.54, 1.807) is 24.4 Å². The van der Waals surface area contributed by atoms with Gasteiger partial charge in [0.05, 0.1) is 0 Å². The third-order valence-corrected chi connectivity index (χ3v) is 2.95. The molecule has 0 radical (unpaired) electrons. The van der Waals surface area contributed by atoms with Gasteiger partial charge in [0.15, 0.2) is 5.69 Å². The Morgan fingerprint density at radius 2 is 1.95 bits per heavy atom. The number of nitrogens with zero attached hydrogens (tertiary/aromatic N) is 2. The molecule has 0 saturated heterocycles. The Kier molecular flexibility index (Phi) is 2.57. The Hall–Kier alpha value is -3.02. The fourth-order valence-electron chi connectivity index (χ4n) is 2.12. The monoisotopic (exact) mass is 270 g/mol. The van der Waals surface area contributed by atoms with E-state index in [2.05, 4.69) is 4.98 Å². The first-order valence-electron chi connectivity index (χ1n) is 5.80. The smallest absolute Gasteiger partial charge is 0.356 e. The molecule has 3 N–H and O–H groups in total. The second-order valence-electron chi connectivity index (χ2n) is 4.25. The first kappa shape index (κ1) is 12.0. The van der Waals surface area contributed by atoms with E-state index in [0.717, 1.165) is 0 Å². The van der Waals surface area contributed by atoms with Crippen LogP contribution in [0.5, 0.6) is 11.5 Å². The zero-order chi connectivity index (χ0) is 14.3. The molecular weight excluding hydrogens is 260 g/mol. The van der Waals surface area contributed by atoms with Crippen molar-refractivity contribution in [3.63, 3.8) is 0 Å². The standard InChI is InChI=1S/C14H10N2O4/c17-9-4-1-3-8(7-9)13-15-11(14(19)20)12-10(18)5-2-6-16(12)13/h1-7,17-18H,(H,19,20). The highest BCUT2D eigenvalue weighted by molar-refractivity contribution is 5.96. The molecular formula is C14H10N2O4. The van der Waals surface area contributed by atoms with Crippen molar-refractivity contribution in [2.24, 2.45) is 0 Å². The number of phenolic OH excluding ortho intramolecular Hbond substituents is 1. The Labute approximate surface area is 113 Å². The number of benzene rings is 1. The molecule has 6 nitrogen and oxygen atoms in total. The SMILES string of the molecule is O=C(O)c1nc(-c2cccc(O)c2)n2cccc(O)c12. The van der Waals surface area contributed by atoms with Crippen LogP contribution < -0.4 is 0 Å². The Balaban J connectivity index is 2.38. The molecule has 0 aliphatic rings. The molecule has 3 aromatic rings. The molecule has 0 atom stereocenters. The van der Waals surface area contributed by atoms with Gasteiger partial charge < -0.3 is 15.3 Å². The Morgan fingerprint density at radius 3 is 2.65 bits per heavy atom. The summed E-state index contributed by atoms with van der Waals surface area (Å²) in [7, 11) is 0. The van der Waals surface area contributed by atoms with E-state index >= 15 is 0 Å². The lowest BCUT2D eigenvalue weighted by molar-refractivity contribution is 0.0693. The number of carboxylic acids is 1. The fourth-order valence-corrected chi connectivity index (χ4v) is 2.12. The van der Waals surface area contributed by atoms with Gasteiger partial charge in [0.1, 0.15) is 22.8 Å². The van der Waals surface area contributed by atoms with E-state index < -0.39 is 5.97 Å². The minimum atomic E-state index is -1.23. The van der Waals surface area contributed by atoms with E-state index in [1.807, 2.05) is 0 Å². The highest BCUT2D eigenvalue weighted by Crippen LogP contribution is 2.29. The zero-order valence-corrected chi connectivity index (χ0v) is 10.2. The number of pyridine rings is 1. The summed E-state index contributed by atoms with van der Waals surface area (Å²) in [6.07, 6.45) is 1.61. The van der Waals surface area contributed by atoms with Crippen LogP contribution in [0.15, 0.2) is 42.6 Å². The molecule has 100 valence electrons. The molecule has 0 saturated carbocycles. The van der Waals surface area contributed by atoms with E-state index in [9.17, 15) is 20.1 Å². The van der Waals surface area contributed by atoms with Crippen LogP contribution in [0.3, 0.4) is 0 Å². The number of fused-ring (bicyclic) bond motifs is 1. The van der Waals surface area contributed by atoms with Crippen molar-refractivity contribution >= 4 is 11.5 Å². The van der Waals surface area contributed by atoms with Crippen molar-refractivity contribution in [1.82, 2.24) is 9.38 Å². The summed E-state index contributed by atoms with van der Waals surface area (Å²) in [5.74, 6) is -1.00. The first-order valence-corrected chi connectivity index (χ1v) is 5.80. The number of hydrogen-bond donors (Lipinski definition) is 3. The minimum absolute atomic E-state index is 0.0521. The molecule has 2 aromatic heterocycles. The average Bonchev–Trinajstić information content (AvgIpc) is 2.80. The van der Waals surface area contributed by atoms with Crippen LogP contribution in [-0.2, 0) is 0 Å². The lowest BCUT2D eigenvalue weighted by Gasteiger charge is -2.02. The van der Waals surface area contributed by atoms with Gasteiger partial charge in [0, 0.05) is 11.8 Å². The van der Waals surface area contributed by atoms with Crippen molar-refractivity contribution in [2.75, 3.05) is 0 Å². The maximum Gasteiger partial charge on any atom is 0.356 e. The number of aromatic hydroxyl groups is 2. The summed E-state index contributed by atoms with van der Waals surface area (Å²) < 4.78 is 1.48. The van der Waals surface area contributed by atoms with Crippen LogP contribution in [0.2, 0.25) is 0 Å². The van der Waals surface area contributed by atoms with E-state index in [-0.39, 0.29) is 22.7 Å². The second-order valence-corrected chi connectivity index (χ2v) is 4.25. The summed E-state index contributed by atoms with van der Waals surface area (Å²) in [6.45, 7) is 0. The van der Waals surface area contributed by atoms with E-state index in [1.165, 1.54) is 22.6 Å². The van der Waals surface area contributed by atoms with Gasteiger partial charge >= 0.3 is 5.97 Å². The number of carbonyl (C=O) groups is 1. The van der Waals surface area contributed by atoms with Crippen LogP contribution in [0.1, 0.15) is 10.5 Å². The van der Waals surface area contributed by atoms with E-state index in [4.69, 9.17) is 0 Å². The lowest BCUT2D eigenvalue weighted by Crippen LogP contribution is -1.97. The first-order chi connectivity index (χ1) is 9.58. The second kappa shape index (κ2) is 4.27. The number of hydrogen-bond acceptors (Lipinski definition) is 4. The van der Waals surface area contributed by atoms with Gasteiger partial charge in [-0.2, -0.15) is 0 Å². The highest BCUT2D eigenvalue weighted by atomic mass is 16.4. The van der Waals surface area contributed by atoms with Crippen molar-refractivity contribution in [3.8, 4) is 22.9 Å². The van der Waals surface area contributed by atoms with Crippen LogP contribution in [0.4, 0.5) is 0 Å². The predicted molar refractivity (Wildman–Crippen MR) is 70.9 cm³/mol. The maximum atomic E-state index is 11.2. The lowest BCUT2D eigenvalue weighted by atomic mass is 10.2. The van der Waals surface area contributed by atoms with Crippen LogP contribution >= 0.6 is 0 Å². The minimum Gasteiger partial charge on any atom is -0.508 e. The van der Waals surface area contributed by atoms with Crippen molar-refractivity contribution in [3.05, 3.63) is 48.3 Å². The van der Waals surface area contributed by atoms with Gasteiger partial charge in [-0.3, -0.25) is 4.40 Å². The summed E-state index contributed by atoms with van der Waals surface area (Å²) >= 11 is 0. The molecule has 0 spiro atoms. The summed E-state index contributed by atoms with van der Waals surface area (Å²) in [4.78, 5) is 15.3. The fraction of sp³-hybridized carbons (Fsp3) is 0. The Morgan fingerprint density at radius 1 is 1.15 bits per heavy atom. The molecule has 20 heavy (non-hydrogen) atoms. The summed E-state index contributed by atoms with van der Waals surface area (Å²) in [5.41, 5.74) is 0.442. The van der Waals surface area contributed by atoms with Gasteiger partial charge in [-0.05, 0) is 24.3 Å². The normalized spacial score (nSPS) is 10.8. The number of phenols is 1. The molecule has 1 aromatic carbocycles. The number of aromatic carboxylic acids is 1. The average molecular weight is 270 g/mol. The topological polar surface area (TPSA) is 95.1 Å². The van der Waals surface area contributed by atoms with Gasteiger partial charge in [-0.25, -0.2) is 9.78 Å². The van der Waals surface area contributed by atoms with Crippen molar-refractivity contribution in [2.45, 2.75) is 0 Å². The molecule has 0 aliphatic carbocycles. The molecule has 0 fully saturated rings. The summed E-state index contributed by atoms with van der Waals surface area (Å²) in [5, 5.41) is 28.5. The van der Waals surface area contributed by atoms with E-state index in [0.29, 0.717) is 11.4 Å². The van der Waals surface area contributed by atoms with Crippen molar-refractivity contribution in [1.29, 1.82) is 0 Å². The predicted octanol–water partition coefficient (Wildman–Crippen LogP) is 2.11. The quantitative estimate of drug-likeness (QED) is 0.663. The summed E-state index contributed by atoms with van der Waals surface area (Å²) in [6, 6.07) is 9.30. The van der Waals surface area contributed by atoms with Gasteiger partial charge in [0.25, 0.3) is 0 Å². The number of aromatic nitrogens is 2. The maximum absolute atomic E-state index is 11.2. The largest absolute Gasteiger partial charge is 0.508 e. The van der Waals surface area contributed by atoms with Gasteiger partial charge in [-0.15, -0.1) is 0 Å².